The summed E-state index contributed by atoms with van der Waals surface area (Å²) < 4.78 is 35.2. The van der Waals surface area contributed by atoms with Crippen molar-refractivity contribution < 1.29 is 32.7 Å². The second-order valence-corrected chi connectivity index (χ2v) is 3.77. The zero-order valence-electron chi connectivity index (χ0n) is 10.0. The van der Waals surface area contributed by atoms with Crippen molar-refractivity contribution in [1.29, 1.82) is 0 Å². The third-order valence-electron chi connectivity index (χ3n) is 1.98. The van der Waals surface area contributed by atoms with Crippen LogP contribution >= 0.6 is 0 Å². The molecule has 0 aromatic carbocycles. The Morgan fingerprint density at radius 3 is 2.05 bits per heavy atom. The zero-order valence-corrected chi connectivity index (χ0v) is 10.0. The summed E-state index contributed by atoms with van der Waals surface area (Å²) in [4.78, 5) is 32.2. The highest BCUT2D eigenvalue weighted by atomic mass is 19.4. The normalized spacial score (nSPS) is 10.9. The maximum Gasteiger partial charge on any atom is 0.405 e. The molecule has 110 valence electrons. The van der Waals surface area contributed by atoms with Crippen LogP contribution in [-0.4, -0.2) is 42.2 Å². The molecule has 0 rings (SSSR count). The van der Waals surface area contributed by atoms with Crippen LogP contribution in [0.3, 0.4) is 0 Å². The summed E-state index contributed by atoms with van der Waals surface area (Å²) in [5.74, 6) is -2.41. The van der Waals surface area contributed by atoms with E-state index in [2.05, 4.69) is 5.32 Å². The molecule has 0 saturated carbocycles. The quantitative estimate of drug-likeness (QED) is 0.563. The SMILES string of the molecule is O=C(O)CCCCC(=O)NCC(=O)NCC(F)(F)F. The van der Waals surface area contributed by atoms with Crippen LogP contribution < -0.4 is 10.6 Å². The van der Waals surface area contributed by atoms with Crippen molar-refractivity contribution >= 4 is 17.8 Å². The van der Waals surface area contributed by atoms with Gasteiger partial charge in [-0.15, -0.1) is 0 Å². The number of unbranched alkanes of at least 4 members (excludes halogenated alkanes) is 1. The number of carbonyl (C=O) groups is 3. The van der Waals surface area contributed by atoms with E-state index in [0.717, 1.165) is 0 Å². The van der Waals surface area contributed by atoms with E-state index in [1.54, 1.807) is 5.32 Å². The Morgan fingerprint density at radius 1 is 0.947 bits per heavy atom. The number of rotatable bonds is 8. The van der Waals surface area contributed by atoms with Gasteiger partial charge in [-0.1, -0.05) is 0 Å². The average molecular weight is 284 g/mol. The van der Waals surface area contributed by atoms with Crippen LogP contribution in [0.1, 0.15) is 25.7 Å². The second kappa shape index (κ2) is 8.33. The Balaban J connectivity index is 3.61. The first-order valence-electron chi connectivity index (χ1n) is 5.52. The predicted molar refractivity (Wildman–Crippen MR) is 58.2 cm³/mol. The van der Waals surface area contributed by atoms with Crippen LogP contribution in [0, 0.1) is 0 Å². The Bertz CT molecular complexity index is 331. The summed E-state index contributed by atoms with van der Waals surface area (Å²) in [6, 6.07) is 0. The van der Waals surface area contributed by atoms with Crippen molar-refractivity contribution in [2.45, 2.75) is 31.9 Å². The molecule has 0 saturated heterocycles. The molecule has 0 aliphatic rings. The van der Waals surface area contributed by atoms with Crippen molar-refractivity contribution in [2.75, 3.05) is 13.1 Å². The molecule has 0 aliphatic heterocycles. The Hall–Kier alpha value is -1.80. The number of carbonyl (C=O) groups excluding carboxylic acids is 2. The number of nitrogens with one attached hydrogen (secondary N) is 2. The molecule has 6 nitrogen and oxygen atoms in total. The Labute approximate surface area is 107 Å². The molecule has 0 unspecified atom stereocenters. The van der Waals surface area contributed by atoms with Crippen LogP contribution in [0.15, 0.2) is 0 Å². The number of alkyl halides is 3. The van der Waals surface area contributed by atoms with Gasteiger partial charge in [-0.05, 0) is 12.8 Å². The Morgan fingerprint density at radius 2 is 1.53 bits per heavy atom. The highest BCUT2D eigenvalue weighted by Gasteiger charge is 2.27. The van der Waals surface area contributed by atoms with E-state index in [1.165, 1.54) is 0 Å². The molecule has 0 aliphatic carbocycles. The van der Waals surface area contributed by atoms with Gasteiger partial charge >= 0.3 is 12.1 Å². The fourth-order valence-electron chi connectivity index (χ4n) is 1.09. The van der Waals surface area contributed by atoms with Gasteiger partial charge in [-0.25, -0.2) is 0 Å². The van der Waals surface area contributed by atoms with E-state index >= 15 is 0 Å². The number of halogens is 3. The molecule has 0 spiro atoms. The lowest BCUT2D eigenvalue weighted by Gasteiger charge is -2.09. The first-order valence-corrected chi connectivity index (χ1v) is 5.52. The minimum atomic E-state index is -4.49. The molecular formula is C10H15F3N2O4. The molecule has 0 aromatic heterocycles. The molecular weight excluding hydrogens is 269 g/mol. The minimum Gasteiger partial charge on any atom is -0.481 e. The number of amides is 2. The number of aliphatic carboxylic acids is 1. The van der Waals surface area contributed by atoms with E-state index in [9.17, 15) is 27.6 Å². The molecule has 0 heterocycles. The van der Waals surface area contributed by atoms with Gasteiger partial charge in [0.05, 0.1) is 6.54 Å². The Kier molecular flexibility index (Phi) is 7.54. The topological polar surface area (TPSA) is 95.5 Å². The summed E-state index contributed by atoms with van der Waals surface area (Å²) in [6.45, 7) is -1.98. The molecule has 2 amide bonds. The summed E-state index contributed by atoms with van der Waals surface area (Å²) in [5.41, 5.74) is 0. The highest BCUT2D eigenvalue weighted by Crippen LogP contribution is 2.11. The molecule has 9 heteroatoms. The maximum atomic E-state index is 11.7. The monoisotopic (exact) mass is 284 g/mol. The van der Waals surface area contributed by atoms with Gasteiger partial charge in [0.25, 0.3) is 0 Å². The van der Waals surface area contributed by atoms with Crippen LogP contribution in [0.2, 0.25) is 0 Å². The fourth-order valence-corrected chi connectivity index (χ4v) is 1.09. The summed E-state index contributed by atoms with van der Waals surface area (Å²) >= 11 is 0. The van der Waals surface area contributed by atoms with Gasteiger partial charge in [0.15, 0.2) is 0 Å². The van der Waals surface area contributed by atoms with E-state index in [0.29, 0.717) is 12.8 Å². The van der Waals surface area contributed by atoms with Crippen molar-refractivity contribution in [3.8, 4) is 0 Å². The molecule has 3 N–H and O–H groups in total. The summed E-state index contributed by atoms with van der Waals surface area (Å²) in [5, 5.41) is 12.1. The molecule has 0 radical (unpaired) electrons. The van der Waals surface area contributed by atoms with Crippen LogP contribution in [-0.2, 0) is 14.4 Å². The average Bonchev–Trinajstić information content (AvgIpc) is 2.28. The van der Waals surface area contributed by atoms with E-state index < -0.39 is 37.0 Å². The van der Waals surface area contributed by atoms with Crippen molar-refractivity contribution in [1.82, 2.24) is 10.6 Å². The number of hydrogen-bond donors (Lipinski definition) is 3. The van der Waals surface area contributed by atoms with Crippen molar-refractivity contribution in [3.05, 3.63) is 0 Å². The summed E-state index contributed by atoms with van der Waals surface area (Å²) in [7, 11) is 0. The lowest BCUT2D eigenvalue weighted by Crippen LogP contribution is -2.40. The number of carboxylic acids is 1. The van der Waals surface area contributed by atoms with Gasteiger partial charge < -0.3 is 15.7 Å². The summed E-state index contributed by atoms with van der Waals surface area (Å²) in [6.07, 6.45) is -3.86. The van der Waals surface area contributed by atoms with Gasteiger partial charge in [0.2, 0.25) is 11.8 Å². The highest BCUT2D eigenvalue weighted by molar-refractivity contribution is 5.84. The third kappa shape index (κ3) is 12.4. The zero-order chi connectivity index (χ0) is 14.9. The van der Waals surface area contributed by atoms with Crippen molar-refractivity contribution in [3.63, 3.8) is 0 Å². The van der Waals surface area contributed by atoms with Gasteiger partial charge in [0, 0.05) is 12.8 Å². The lowest BCUT2D eigenvalue weighted by atomic mass is 10.2. The molecule has 19 heavy (non-hydrogen) atoms. The molecule has 0 aromatic rings. The van der Waals surface area contributed by atoms with Gasteiger partial charge in [-0.2, -0.15) is 13.2 Å². The van der Waals surface area contributed by atoms with Crippen LogP contribution in [0.5, 0.6) is 0 Å². The lowest BCUT2D eigenvalue weighted by molar-refractivity contribution is -0.138. The largest absolute Gasteiger partial charge is 0.481 e. The van der Waals surface area contributed by atoms with E-state index in [-0.39, 0.29) is 12.8 Å². The molecule has 0 bridgehead atoms. The van der Waals surface area contributed by atoms with Crippen LogP contribution in [0.25, 0.3) is 0 Å². The third-order valence-corrected chi connectivity index (χ3v) is 1.98. The molecule has 0 atom stereocenters. The fraction of sp³-hybridized carbons (Fsp3) is 0.700. The van der Waals surface area contributed by atoms with Crippen molar-refractivity contribution in [2.24, 2.45) is 0 Å². The smallest absolute Gasteiger partial charge is 0.405 e. The van der Waals surface area contributed by atoms with E-state index in [4.69, 9.17) is 5.11 Å². The predicted octanol–water partition coefficient (Wildman–Crippen LogP) is 0.426. The van der Waals surface area contributed by atoms with Gasteiger partial charge in [0.1, 0.15) is 6.54 Å². The minimum absolute atomic E-state index is 0.0276. The van der Waals surface area contributed by atoms with E-state index in [1.807, 2.05) is 0 Å². The standard InChI is InChI=1S/C10H15F3N2O4/c11-10(12,13)6-15-8(17)5-14-7(16)3-1-2-4-9(18)19/h1-6H2,(H,14,16)(H,15,17)(H,18,19). The van der Waals surface area contributed by atoms with Gasteiger partial charge in [-0.3, -0.25) is 14.4 Å². The first-order chi connectivity index (χ1) is 8.70. The first kappa shape index (κ1) is 17.2. The molecule has 0 fully saturated rings. The number of carboxylic acid groups (broad SMARTS) is 1. The second-order valence-electron chi connectivity index (χ2n) is 3.77. The maximum absolute atomic E-state index is 11.7. The van der Waals surface area contributed by atoms with Crippen LogP contribution in [0.4, 0.5) is 13.2 Å². The number of hydrogen-bond acceptors (Lipinski definition) is 3.